The molecule has 1 unspecified atom stereocenters. The van der Waals surface area contributed by atoms with Crippen molar-refractivity contribution in [3.8, 4) is 23.0 Å². The summed E-state index contributed by atoms with van der Waals surface area (Å²) in [5.74, 6) is 3.86. The molecular formula is C49H72I5N4O10V-. The Kier molecular flexibility index (Phi) is 27.0. The van der Waals surface area contributed by atoms with E-state index < -0.39 is 11.2 Å². The summed E-state index contributed by atoms with van der Waals surface area (Å²) in [5, 5.41) is 0. The van der Waals surface area contributed by atoms with Gasteiger partial charge in [-0.3, -0.25) is 14.5 Å². The largest absolute Gasteiger partial charge is 0.454 e. The smallest absolute Gasteiger partial charge is 0.410 e. The second kappa shape index (κ2) is 28.9. The standard InChI is InChI=1S/C23H32N2O5.C22H30N2O5.CHI3.CH3I.CH2I.CH4.V/c1-22(2,3)30-21(27)24-9-6-15(7-10-24)8-11-25-20(26)16-12-18-19(29-14-28-18)13-17(16)23(25,4)5;1-14-16-11-18-19(28-13-27-18)12-17(16)20(25)24(14)10-7-15-5-8-23(9-6-15)21(26)29-22(2,3)4;2-1(3)4;2*1-2;;/h12-13,15H,6-11,14H2,1-5H3;11-12,14-15H,5-10,13H2,1-4H3;1H;1H3;1H2;1H4;/q;;;;-1;;. The first-order valence-electron chi connectivity index (χ1n) is 22.6. The van der Waals surface area contributed by atoms with Crippen LogP contribution in [0.2, 0.25) is 0 Å². The van der Waals surface area contributed by atoms with Crippen LogP contribution in [-0.4, -0.2) is 113 Å². The molecule has 2 aromatic rings. The van der Waals surface area contributed by atoms with E-state index >= 15 is 0 Å². The van der Waals surface area contributed by atoms with Gasteiger partial charge in [-0.1, -0.05) is 97.8 Å². The summed E-state index contributed by atoms with van der Waals surface area (Å²) in [6.07, 6.45) is 5.17. The third-order valence-corrected chi connectivity index (χ3v) is 12.3. The number of halogens is 5. The van der Waals surface area contributed by atoms with Crippen molar-refractivity contribution >= 4 is 137 Å². The summed E-state index contributed by atoms with van der Waals surface area (Å²) >= 11 is 11.0. The maximum atomic E-state index is 13.1. The Morgan fingerprint density at radius 3 is 1.49 bits per heavy atom. The number of hydrogen-bond acceptors (Lipinski definition) is 10. The van der Waals surface area contributed by atoms with Gasteiger partial charge in [-0.2, -0.15) is 0 Å². The minimum Gasteiger partial charge on any atom is -0.454 e. The Balaban J connectivity index is 0.000000402. The summed E-state index contributed by atoms with van der Waals surface area (Å²) < 4.78 is 33.5. The van der Waals surface area contributed by atoms with Crippen molar-refractivity contribution in [3.05, 3.63) is 51.4 Å². The molecule has 0 aromatic heterocycles. The number of piperidine rings is 2. The first kappa shape index (κ1) is 64.5. The van der Waals surface area contributed by atoms with Crippen molar-refractivity contribution in [2.24, 2.45) is 11.8 Å². The van der Waals surface area contributed by atoms with Gasteiger partial charge in [-0.05, 0) is 153 Å². The molecule has 6 heterocycles. The van der Waals surface area contributed by atoms with Gasteiger partial charge in [-0.25, -0.2) is 9.59 Å². The van der Waals surface area contributed by atoms with E-state index in [-0.39, 0.29) is 75.1 Å². The van der Waals surface area contributed by atoms with Crippen LogP contribution in [0.5, 0.6) is 23.0 Å². The zero-order valence-electron chi connectivity index (χ0n) is 40.9. The number of rotatable bonds is 6. The zero-order valence-corrected chi connectivity index (χ0v) is 53.1. The van der Waals surface area contributed by atoms with Gasteiger partial charge in [0.2, 0.25) is 13.6 Å². The predicted octanol–water partition coefficient (Wildman–Crippen LogP) is 13.6. The van der Waals surface area contributed by atoms with E-state index in [0.29, 0.717) is 67.4 Å². The molecular weight excluding hydrogens is 1490 g/mol. The molecule has 20 heteroatoms. The number of alkyl halides is 4. The Morgan fingerprint density at radius 1 is 0.696 bits per heavy atom. The second-order valence-corrected chi connectivity index (χ2v) is 30.3. The van der Waals surface area contributed by atoms with Crippen LogP contribution in [0, 0.1) is 16.8 Å². The molecule has 2 saturated heterocycles. The number of ether oxygens (including phenoxy) is 6. The van der Waals surface area contributed by atoms with Crippen LogP contribution >= 0.6 is 113 Å². The molecule has 4 amide bonds. The van der Waals surface area contributed by atoms with Crippen molar-refractivity contribution in [1.29, 1.82) is 0 Å². The number of amides is 4. The normalized spacial score (nSPS) is 18.7. The fourth-order valence-corrected chi connectivity index (χ4v) is 8.93. The average Bonchev–Trinajstić information content (AvgIpc) is 4.03. The van der Waals surface area contributed by atoms with Gasteiger partial charge in [0.1, 0.15) is 11.1 Å². The van der Waals surface area contributed by atoms with Crippen LogP contribution in [0.15, 0.2) is 24.3 Å². The number of carbonyl (C=O) groups is 4. The molecule has 0 bridgehead atoms. The van der Waals surface area contributed by atoms with E-state index in [4.69, 9.17) is 28.4 Å². The molecule has 2 fully saturated rings. The summed E-state index contributed by atoms with van der Waals surface area (Å²) in [6, 6.07) is 7.57. The molecule has 389 valence electrons. The predicted molar refractivity (Wildman–Crippen MR) is 311 cm³/mol. The molecule has 0 spiro atoms. The first-order chi connectivity index (χ1) is 31.5. The average molecular weight is 1560 g/mol. The summed E-state index contributed by atoms with van der Waals surface area (Å²) in [6.45, 7) is 22.2. The minimum atomic E-state index is -0.471. The molecule has 0 saturated carbocycles. The van der Waals surface area contributed by atoms with Crippen LogP contribution < -0.4 is 18.9 Å². The van der Waals surface area contributed by atoms with Crippen LogP contribution in [0.3, 0.4) is 0 Å². The first-order valence-corrected chi connectivity index (χ1v) is 30.0. The molecule has 6 aliphatic rings. The van der Waals surface area contributed by atoms with Crippen LogP contribution in [0.1, 0.15) is 146 Å². The molecule has 8 rings (SSSR count). The van der Waals surface area contributed by atoms with Gasteiger partial charge >= 0.3 is 12.2 Å². The quantitative estimate of drug-likeness (QED) is 0.156. The van der Waals surface area contributed by atoms with Crippen molar-refractivity contribution in [2.45, 2.75) is 131 Å². The van der Waals surface area contributed by atoms with Gasteiger partial charge in [0.25, 0.3) is 11.8 Å². The Bertz CT molecular complexity index is 2020. The number of benzene rings is 2. The molecule has 14 nitrogen and oxygen atoms in total. The topological polar surface area (TPSA) is 137 Å². The molecule has 69 heavy (non-hydrogen) atoms. The third-order valence-electron chi connectivity index (χ3n) is 12.3. The SMILES string of the molecule is C.CC(C)(C)OC(=O)N1CCC(CCN2C(=O)c3cc4c(cc3C2(C)C)OCO4)CC1.CC1c2cc3c(cc2C(=O)N1CCC1CCN(C(=O)OC(C)(C)C)CC1)OCO3.CI.IC(I)I.[CH2-]I.[V]. The molecule has 2 aromatic carbocycles. The van der Waals surface area contributed by atoms with Gasteiger partial charge in [-0.15, -0.1) is 0 Å². The number of hydrogen-bond donors (Lipinski definition) is 0. The van der Waals surface area contributed by atoms with E-state index in [2.05, 4.69) is 116 Å². The fraction of sp³-hybridized carbons (Fsp3) is 0.653. The van der Waals surface area contributed by atoms with Gasteiger partial charge in [0.15, 0.2) is 23.0 Å². The van der Waals surface area contributed by atoms with E-state index in [1.54, 1.807) is 9.80 Å². The minimum absolute atomic E-state index is 0. The molecule has 6 aliphatic heterocycles. The molecule has 1 radical (unpaired) electrons. The maximum Gasteiger partial charge on any atom is 0.410 e. The summed E-state index contributed by atoms with van der Waals surface area (Å²) in [7, 11) is 0. The van der Waals surface area contributed by atoms with Gasteiger partial charge in [0, 0.05) is 69.0 Å². The summed E-state index contributed by atoms with van der Waals surface area (Å²) in [4.78, 5) is 63.2. The van der Waals surface area contributed by atoms with Gasteiger partial charge < -0.3 is 70.6 Å². The third kappa shape index (κ3) is 17.7. The molecule has 0 aliphatic carbocycles. The number of likely N-dealkylation sites (tertiary alicyclic amines) is 2. The molecule has 0 N–H and O–H groups in total. The fourth-order valence-electron chi connectivity index (χ4n) is 8.93. The molecule has 1 atom stereocenters. The van der Waals surface area contributed by atoms with Gasteiger partial charge in [0.05, 0.1) is 11.6 Å². The monoisotopic (exact) mass is 1560 g/mol. The Labute approximate surface area is 492 Å². The number of fused-ring (bicyclic) bond motifs is 4. The zero-order chi connectivity index (χ0) is 50.0. The summed E-state index contributed by atoms with van der Waals surface area (Å²) in [5.41, 5.74) is 2.12. The van der Waals surface area contributed by atoms with E-state index in [9.17, 15) is 19.2 Å². The van der Waals surface area contributed by atoms with E-state index in [1.165, 1.54) is 0 Å². The Hall–Kier alpha value is -0.646. The van der Waals surface area contributed by atoms with Crippen molar-refractivity contribution in [2.75, 3.05) is 57.8 Å². The van der Waals surface area contributed by atoms with E-state index in [0.717, 1.165) is 67.4 Å². The van der Waals surface area contributed by atoms with Crippen LogP contribution in [0.25, 0.3) is 0 Å². The Morgan fingerprint density at radius 2 is 1.07 bits per heavy atom. The number of nitrogens with zero attached hydrogens (tertiary/aromatic N) is 4. The van der Waals surface area contributed by atoms with Crippen molar-refractivity contribution in [3.63, 3.8) is 0 Å². The van der Waals surface area contributed by atoms with Crippen molar-refractivity contribution < 1.29 is 66.2 Å². The van der Waals surface area contributed by atoms with Crippen molar-refractivity contribution in [1.82, 2.24) is 19.6 Å². The second-order valence-electron chi connectivity index (χ2n) is 19.4. The number of carbonyl (C=O) groups excluding carboxylic acids is 4. The van der Waals surface area contributed by atoms with Crippen LogP contribution in [-0.2, 0) is 33.6 Å². The van der Waals surface area contributed by atoms with Crippen LogP contribution in [0.4, 0.5) is 9.59 Å². The van der Waals surface area contributed by atoms with E-state index in [1.807, 2.05) is 103 Å². The maximum absolute atomic E-state index is 13.1.